The van der Waals surface area contributed by atoms with E-state index in [1.807, 2.05) is 21.0 Å². The molecule has 4 nitrogen and oxygen atoms in total. The van der Waals surface area contributed by atoms with E-state index in [9.17, 15) is 4.79 Å². The highest BCUT2D eigenvalue weighted by Gasteiger charge is 2.31. The first-order chi connectivity index (χ1) is 6.97. The summed E-state index contributed by atoms with van der Waals surface area (Å²) in [5.74, 6) is -0.105. The molecule has 0 radical (unpaired) electrons. The van der Waals surface area contributed by atoms with E-state index in [1.165, 1.54) is 0 Å². The lowest BCUT2D eigenvalue weighted by Gasteiger charge is -2.36. The highest BCUT2D eigenvalue weighted by Crippen LogP contribution is 2.21. The lowest BCUT2D eigenvalue weighted by Crippen LogP contribution is -2.55. The van der Waals surface area contributed by atoms with Crippen molar-refractivity contribution >= 4 is 5.91 Å². The van der Waals surface area contributed by atoms with Crippen molar-refractivity contribution in [2.75, 3.05) is 20.6 Å². The SMILES string of the molecule is CC(NC(=O)C(C)(C)N)C(C)(C)CN(C)C. The molecule has 0 aromatic heterocycles. The summed E-state index contributed by atoms with van der Waals surface area (Å²) in [4.78, 5) is 13.9. The first-order valence-electron chi connectivity index (χ1n) is 5.71. The van der Waals surface area contributed by atoms with Crippen LogP contribution >= 0.6 is 0 Å². The zero-order valence-corrected chi connectivity index (χ0v) is 11.7. The van der Waals surface area contributed by atoms with Gasteiger partial charge in [0.25, 0.3) is 0 Å². The smallest absolute Gasteiger partial charge is 0.239 e. The van der Waals surface area contributed by atoms with Gasteiger partial charge in [0.2, 0.25) is 5.91 Å². The molecular formula is C12H27N3O. The number of nitrogens with one attached hydrogen (secondary N) is 1. The van der Waals surface area contributed by atoms with Gasteiger partial charge >= 0.3 is 0 Å². The second-order valence-electron chi connectivity index (χ2n) is 6.14. The van der Waals surface area contributed by atoms with Crippen LogP contribution in [0.2, 0.25) is 0 Å². The van der Waals surface area contributed by atoms with E-state index in [2.05, 4.69) is 24.1 Å². The number of carbonyl (C=O) groups excluding carboxylic acids is 1. The van der Waals surface area contributed by atoms with Gasteiger partial charge in [0.05, 0.1) is 5.54 Å². The van der Waals surface area contributed by atoms with Crippen LogP contribution in [-0.2, 0) is 4.79 Å². The quantitative estimate of drug-likeness (QED) is 0.733. The molecule has 0 fully saturated rings. The van der Waals surface area contributed by atoms with Crippen LogP contribution in [0.5, 0.6) is 0 Å². The number of hydrogen-bond donors (Lipinski definition) is 2. The lowest BCUT2D eigenvalue weighted by atomic mass is 9.84. The van der Waals surface area contributed by atoms with Crippen LogP contribution in [0, 0.1) is 5.41 Å². The van der Waals surface area contributed by atoms with Crippen molar-refractivity contribution in [3.05, 3.63) is 0 Å². The summed E-state index contributed by atoms with van der Waals surface area (Å²) in [7, 11) is 4.06. The van der Waals surface area contributed by atoms with Crippen LogP contribution in [0.3, 0.4) is 0 Å². The molecule has 0 heterocycles. The van der Waals surface area contributed by atoms with E-state index in [0.717, 1.165) is 6.54 Å². The Morgan fingerprint density at radius 1 is 1.31 bits per heavy atom. The predicted molar refractivity (Wildman–Crippen MR) is 68.2 cm³/mol. The lowest BCUT2D eigenvalue weighted by molar-refractivity contribution is -0.126. The molecule has 0 aromatic rings. The van der Waals surface area contributed by atoms with Crippen LogP contribution in [-0.4, -0.2) is 43.0 Å². The first kappa shape index (κ1) is 15.4. The second-order valence-corrected chi connectivity index (χ2v) is 6.14. The molecule has 0 spiro atoms. The summed E-state index contributed by atoms with van der Waals surface area (Å²) < 4.78 is 0. The van der Waals surface area contributed by atoms with Crippen LogP contribution in [0.4, 0.5) is 0 Å². The summed E-state index contributed by atoms with van der Waals surface area (Å²) in [6.07, 6.45) is 0. The van der Waals surface area contributed by atoms with E-state index < -0.39 is 5.54 Å². The summed E-state index contributed by atoms with van der Waals surface area (Å²) in [6, 6.07) is 0.0882. The summed E-state index contributed by atoms with van der Waals surface area (Å²) in [5, 5.41) is 2.97. The number of amides is 1. The molecule has 4 heteroatoms. The summed E-state index contributed by atoms with van der Waals surface area (Å²) >= 11 is 0. The van der Waals surface area contributed by atoms with Gasteiger partial charge in [0.15, 0.2) is 0 Å². The standard InChI is InChI=1S/C12H27N3O/c1-9(11(2,3)8-15(6)7)14-10(16)12(4,5)13/h9H,8,13H2,1-7H3,(H,14,16). The minimum Gasteiger partial charge on any atom is -0.351 e. The predicted octanol–water partition coefficient (Wildman–Crippen LogP) is 0.816. The van der Waals surface area contributed by atoms with Crippen LogP contribution in [0.15, 0.2) is 0 Å². The molecule has 0 saturated carbocycles. The number of nitrogens with zero attached hydrogens (tertiary/aromatic N) is 1. The van der Waals surface area contributed by atoms with Crippen molar-refractivity contribution in [3.63, 3.8) is 0 Å². The Morgan fingerprint density at radius 2 is 1.75 bits per heavy atom. The highest BCUT2D eigenvalue weighted by atomic mass is 16.2. The molecule has 0 aliphatic rings. The molecule has 0 rings (SSSR count). The van der Waals surface area contributed by atoms with Crippen molar-refractivity contribution in [1.82, 2.24) is 10.2 Å². The number of nitrogens with two attached hydrogens (primary N) is 1. The Hall–Kier alpha value is -0.610. The number of rotatable bonds is 5. The normalized spacial score (nSPS) is 15.1. The first-order valence-corrected chi connectivity index (χ1v) is 5.71. The molecule has 16 heavy (non-hydrogen) atoms. The molecule has 1 amide bonds. The third-order valence-corrected chi connectivity index (χ3v) is 2.83. The molecule has 0 aliphatic carbocycles. The van der Waals surface area contributed by atoms with Gasteiger partial charge in [-0.05, 0) is 40.3 Å². The summed E-state index contributed by atoms with van der Waals surface area (Å²) in [6.45, 7) is 10.7. The van der Waals surface area contributed by atoms with Gasteiger partial charge in [-0.25, -0.2) is 0 Å². The zero-order valence-electron chi connectivity index (χ0n) is 11.7. The monoisotopic (exact) mass is 229 g/mol. The van der Waals surface area contributed by atoms with Crippen molar-refractivity contribution in [2.45, 2.75) is 46.2 Å². The van der Waals surface area contributed by atoms with Crippen LogP contribution < -0.4 is 11.1 Å². The van der Waals surface area contributed by atoms with E-state index in [0.29, 0.717) is 0 Å². The number of hydrogen-bond acceptors (Lipinski definition) is 3. The fraction of sp³-hybridized carbons (Fsp3) is 0.917. The van der Waals surface area contributed by atoms with E-state index in [1.54, 1.807) is 13.8 Å². The Balaban J connectivity index is 4.46. The third-order valence-electron chi connectivity index (χ3n) is 2.83. The Bertz CT molecular complexity index is 241. The minimum atomic E-state index is -0.817. The fourth-order valence-corrected chi connectivity index (χ4v) is 1.53. The van der Waals surface area contributed by atoms with Crippen LogP contribution in [0.1, 0.15) is 34.6 Å². The van der Waals surface area contributed by atoms with Gasteiger partial charge in [-0.15, -0.1) is 0 Å². The average molecular weight is 229 g/mol. The van der Waals surface area contributed by atoms with Gasteiger partial charge in [0, 0.05) is 12.6 Å². The molecule has 0 aliphatic heterocycles. The van der Waals surface area contributed by atoms with Gasteiger partial charge in [0.1, 0.15) is 0 Å². The van der Waals surface area contributed by atoms with Crippen LogP contribution in [0.25, 0.3) is 0 Å². The third kappa shape index (κ3) is 4.94. The average Bonchev–Trinajstić information content (AvgIpc) is 1.99. The van der Waals surface area contributed by atoms with Gasteiger partial charge in [-0.2, -0.15) is 0 Å². The minimum absolute atomic E-state index is 0.0183. The van der Waals surface area contributed by atoms with E-state index in [-0.39, 0.29) is 17.4 Å². The van der Waals surface area contributed by atoms with Crippen molar-refractivity contribution < 1.29 is 4.79 Å². The molecule has 0 bridgehead atoms. The Labute approximate surface area is 99.6 Å². The Kier molecular flexibility index (Phi) is 4.95. The second kappa shape index (κ2) is 5.15. The molecule has 0 aromatic carbocycles. The maximum Gasteiger partial charge on any atom is 0.239 e. The van der Waals surface area contributed by atoms with E-state index >= 15 is 0 Å². The molecule has 0 saturated heterocycles. The van der Waals surface area contributed by atoms with E-state index in [4.69, 9.17) is 5.73 Å². The van der Waals surface area contributed by atoms with Gasteiger partial charge in [-0.1, -0.05) is 13.8 Å². The van der Waals surface area contributed by atoms with Crippen molar-refractivity contribution in [2.24, 2.45) is 11.1 Å². The maximum atomic E-state index is 11.8. The summed E-state index contributed by atoms with van der Waals surface area (Å²) in [5.41, 5.74) is 4.95. The number of carbonyl (C=O) groups is 1. The van der Waals surface area contributed by atoms with Crippen molar-refractivity contribution in [3.8, 4) is 0 Å². The molecule has 1 unspecified atom stereocenters. The highest BCUT2D eigenvalue weighted by molar-refractivity contribution is 5.85. The molecule has 1 atom stereocenters. The maximum absolute atomic E-state index is 11.8. The van der Waals surface area contributed by atoms with Gasteiger partial charge in [-0.3, -0.25) is 4.79 Å². The Morgan fingerprint density at radius 3 is 2.06 bits per heavy atom. The largest absolute Gasteiger partial charge is 0.351 e. The fourth-order valence-electron chi connectivity index (χ4n) is 1.53. The molecule has 96 valence electrons. The van der Waals surface area contributed by atoms with Crippen molar-refractivity contribution in [1.29, 1.82) is 0 Å². The zero-order chi connectivity index (χ0) is 13.1. The topological polar surface area (TPSA) is 58.4 Å². The molecular weight excluding hydrogens is 202 g/mol. The molecule has 3 N–H and O–H groups in total. The van der Waals surface area contributed by atoms with Gasteiger partial charge < -0.3 is 16.0 Å².